The Morgan fingerprint density at radius 2 is 2.38 bits per heavy atom. The first-order valence-electron chi connectivity index (χ1n) is 5.47. The maximum atomic E-state index is 10.4. The number of rotatable bonds is 4. The van der Waals surface area contributed by atoms with E-state index in [-0.39, 0.29) is 6.42 Å². The van der Waals surface area contributed by atoms with Gasteiger partial charge in [0.1, 0.15) is 5.75 Å². The van der Waals surface area contributed by atoms with E-state index in [1.54, 1.807) is 0 Å². The number of anilines is 1. The van der Waals surface area contributed by atoms with E-state index in [1.165, 1.54) is 5.56 Å². The highest BCUT2D eigenvalue weighted by Gasteiger charge is 2.10. The van der Waals surface area contributed by atoms with Crippen LogP contribution in [0.2, 0.25) is 0 Å². The van der Waals surface area contributed by atoms with Gasteiger partial charge in [-0.1, -0.05) is 0 Å². The molecule has 0 bridgehead atoms. The highest BCUT2D eigenvalue weighted by Crippen LogP contribution is 2.27. The Hall–Kier alpha value is -1.71. The van der Waals surface area contributed by atoms with Gasteiger partial charge in [0, 0.05) is 12.2 Å². The van der Waals surface area contributed by atoms with Crippen LogP contribution in [0.25, 0.3) is 0 Å². The Kier molecular flexibility index (Phi) is 3.29. The number of carboxylic acids is 1. The third-order valence-corrected chi connectivity index (χ3v) is 2.58. The third-order valence-electron chi connectivity index (χ3n) is 2.58. The molecule has 16 heavy (non-hydrogen) atoms. The maximum absolute atomic E-state index is 10.4. The zero-order chi connectivity index (χ0) is 11.4. The van der Waals surface area contributed by atoms with Gasteiger partial charge < -0.3 is 15.2 Å². The quantitative estimate of drug-likeness (QED) is 0.815. The first-order chi connectivity index (χ1) is 7.75. The lowest BCUT2D eigenvalue weighted by atomic mass is 10.1. The summed E-state index contributed by atoms with van der Waals surface area (Å²) < 4.78 is 5.50. The van der Waals surface area contributed by atoms with Gasteiger partial charge in [-0.05, 0) is 36.6 Å². The highest BCUT2D eigenvalue weighted by atomic mass is 16.5. The van der Waals surface area contributed by atoms with Gasteiger partial charge in [-0.3, -0.25) is 4.79 Å². The van der Waals surface area contributed by atoms with E-state index < -0.39 is 5.97 Å². The van der Waals surface area contributed by atoms with Crippen LogP contribution in [0, 0.1) is 0 Å². The topological polar surface area (TPSA) is 58.6 Å². The van der Waals surface area contributed by atoms with Crippen molar-refractivity contribution in [2.24, 2.45) is 0 Å². The van der Waals surface area contributed by atoms with Crippen LogP contribution in [0.1, 0.15) is 18.4 Å². The zero-order valence-corrected chi connectivity index (χ0v) is 9.03. The molecule has 1 aromatic rings. The largest absolute Gasteiger partial charge is 0.493 e. The lowest BCUT2D eigenvalue weighted by Crippen LogP contribution is -2.10. The molecule has 0 atom stereocenters. The standard InChI is InChI=1S/C12H15NO3/c14-12(15)5-6-13-10-3-4-11-9(8-10)2-1-7-16-11/h3-4,8,13H,1-2,5-7H2,(H,14,15). The van der Waals surface area contributed by atoms with Crippen LogP contribution in [-0.2, 0) is 11.2 Å². The molecule has 0 fully saturated rings. The molecule has 2 N–H and O–H groups in total. The molecule has 0 saturated carbocycles. The number of carbonyl (C=O) groups is 1. The summed E-state index contributed by atoms with van der Waals surface area (Å²) in [7, 11) is 0. The zero-order valence-electron chi connectivity index (χ0n) is 9.03. The van der Waals surface area contributed by atoms with Crippen LogP contribution in [0.5, 0.6) is 5.75 Å². The van der Waals surface area contributed by atoms with E-state index in [0.29, 0.717) is 6.54 Å². The number of carboxylic acid groups (broad SMARTS) is 1. The normalized spacial score (nSPS) is 13.8. The molecule has 2 rings (SSSR count). The number of ether oxygens (including phenoxy) is 1. The van der Waals surface area contributed by atoms with Gasteiger partial charge in [-0.15, -0.1) is 0 Å². The number of nitrogens with one attached hydrogen (secondary N) is 1. The summed E-state index contributed by atoms with van der Waals surface area (Å²) in [6, 6.07) is 5.90. The minimum absolute atomic E-state index is 0.133. The van der Waals surface area contributed by atoms with Crippen molar-refractivity contribution in [1.82, 2.24) is 0 Å². The van der Waals surface area contributed by atoms with Gasteiger partial charge in [0.2, 0.25) is 0 Å². The van der Waals surface area contributed by atoms with Gasteiger partial charge >= 0.3 is 5.97 Å². The summed E-state index contributed by atoms with van der Waals surface area (Å²) in [4.78, 5) is 10.4. The van der Waals surface area contributed by atoms with Gasteiger partial charge in [-0.2, -0.15) is 0 Å². The van der Waals surface area contributed by atoms with Crippen LogP contribution in [-0.4, -0.2) is 24.2 Å². The predicted octanol–water partition coefficient (Wildman–Crippen LogP) is 1.90. The van der Waals surface area contributed by atoms with Crippen molar-refractivity contribution < 1.29 is 14.6 Å². The molecule has 4 nitrogen and oxygen atoms in total. The second-order valence-corrected chi connectivity index (χ2v) is 3.85. The summed E-state index contributed by atoms with van der Waals surface area (Å²) in [5.41, 5.74) is 2.16. The minimum atomic E-state index is -0.784. The van der Waals surface area contributed by atoms with Crippen molar-refractivity contribution in [2.75, 3.05) is 18.5 Å². The molecule has 0 radical (unpaired) electrons. The maximum Gasteiger partial charge on any atom is 0.305 e. The first kappa shape index (κ1) is 10.8. The Bertz CT molecular complexity index is 390. The van der Waals surface area contributed by atoms with Gasteiger partial charge in [0.05, 0.1) is 13.0 Å². The van der Waals surface area contributed by atoms with Crippen LogP contribution >= 0.6 is 0 Å². The van der Waals surface area contributed by atoms with Crippen LogP contribution in [0.15, 0.2) is 18.2 Å². The number of aliphatic carboxylic acids is 1. The number of aryl methyl sites for hydroxylation is 1. The molecule has 1 aromatic carbocycles. The van der Waals surface area contributed by atoms with Crippen molar-refractivity contribution in [2.45, 2.75) is 19.3 Å². The smallest absolute Gasteiger partial charge is 0.305 e. The number of benzene rings is 1. The molecule has 0 unspecified atom stereocenters. The van der Waals surface area contributed by atoms with Crippen molar-refractivity contribution in [3.05, 3.63) is 23.8 Å². The lowest BCUT2D eigenvalue weighted by Gasteiger charge is -2.18. The lowest BCUT2D eigenvalue weighted by molar-refractivity contribution is -0.136. The average molecular weight is 221 g/mol. The monoisotopic (exact) mass is 221 g/mol. The van der Waals surface area contributed by atoms with Crippen molar-refractivity contribution in [3.63, 3.8) is 0 Å². The molecule has 0 saturated heterocycles. The summed E-state index contributed by atoms with van der Waals surface area (Å²) in [6.07, 6.45) is 2.21. The summed E-state index contributed by atoms with van der Waals surface area (Å²) in [6.45, 7) is 1.24. The summed E-state index contributed by atoms with van der Waals surface area (Å²) in [5, 5.41) is 11.6. The highest BCUT2D eigenvalue weighted by molar-refractivity contribution is 5.67. The first-order valence-corrected chi connectivity index (χ1v) is 5.47. The fraction of sp³-hybridized carbons (Fsp3) is 0.417. The number of fused-ring (bicyclic) bond motifs is 1. The predicted molar refractivity (Wildman–Crippen MR) is 61.0 cm³/mol. The molecule has 0 spiro atoms. The van der Waals surface area contributed by atoms with Gasteiger partial charge in [-0.25, -0.2) is 0 Å². The van der Waals surface area contributed by atoms with E-state index >= 15 is 0 Å². The average Bonchev–Trinajstić information content (AvgIpc) is 2.28. The molecular weight excluding hydrogens is 206 g/mol. The van der Waals surface area contributed by atoms with Gasteiger partial charge in [0.25, 0.3) is 0 Å². The van der Waals surface area contributed by atoms with Crippen LogP contribution in [0.4, 0.5) is 5.69 Å². The molecule has 0 amide bonds. The molecule has 0 aliphatic carbocycles. The second kappa shape index (κ2) is 4.88. The van der Waals surface area contributed by atoms with E-state index in [1.807, 2.05) is 18.2 Å². The van der Waals surface area contributed by atoms with E-state index in [2.05, 4.69) is 5.32 Å². The van der Waals surface area contributed by atoms with Gasteiger partial charge in [0.15, 0.2) is 0 Å². The number of hydrogen-bond donors (Lipinski definition) is 2. The van der Waals surface area contributed by atoms with Crippen LogP contribution < -0.4 is 10.1 Å². The fourth-order valence-corrected chi connectivity index (χ4v) is 1.78. The summed E-state index contributed by atoms with van der Waals surface area (Å²) in [5.74, 6) is 0.170. The molecule has 0 aromatic heterocycles. The molecule has 1 aliphatic heterocycles. The SMILES string of the molecule is O=C(O)CCNc1ccc2c(c1)CCCO2. The van der Waals surface area contributed by atoms with Crippen LogP contribution in [0.3, 0.4) is 0 Å². The Balaban J connectivity index is 1.97. The molecular formula is C12H15NO3. The Labute approximate surface area is 94.2 Å². The van der Waals surface area contributed by atoms with Crippen molar-refractivity contribution in [3.8, 4) is 5.75 Å². The van der Waals surface area contributed by atoms with E-state index in [0.717, 1.165) is 30.9 Å². The van der Waals surface area contributed by atoms with E-state index in [9.17, 15) is 4.79 Å². The Morgan fingerprint density at radius 3 is 3.19 bits per heavy atom. The Morgan fingerprint density at radius 1 is 1.50 bits per heavy atom. The van der Waals surface area contributed by atoms with Crippen molar-refractivity contribution >= 4 is 11.7 Å². The second-order valence-electron chi connectivity index (χ2n) is 3.85. The summed E-state index contributed by atoms with van der Waals surface area (Å²) >= 11 is 0. The van der Waals surface area contributed by atoms with Crippen molar-refractivity contribution in [1.29, 1.82) is 0 Å². The molecule has 86 valence electrons. The fourth-order valence-electron chi connectivity index (χ4n) is 1.78. The minimum Gasteiger partial charge on any atom is -0.493 e. The third kappa shape index (κ3) is 2.66. The van der Waals surface area contributed by atoms with E-state index in [4.69, 9.17) is 9.84 Å². The molecule has 4 heteroatoms. The molecule has 1 heterocycles. The number of hydrogen-bond acceptors (Lipinski definition) is 3. The molecule has 1 aliphatic rings.